The molecular weight excluding hydrogens is 220 g/mol. The Labute approximate surface area is 87.3 Å². The number of methoxy groups -OCH3 is 1. The van der Waals surface area contributed by atoms with E-state index in [1.807, 2.05) is 0 Å². The Morgan fingerprint density at radius 3 is 3.07 bits per heavy atom. The lowest BCUT2D eigenvalue weighted by molar-refractivity contribution is 0.224. The Morgan fingerprint density at radius 2 is 2.47 bits per heavy atom. The van der Waals surface area contributed by atoms with Crippen LogP contribution in [-0.4, -0.2) is 27.7 Å². The van der Waals surface area contributed by atoms with Crippen molar-refractivity contribution in [1.82, 2.24) is 9.78 Å². The fraction of sp³-hybridized carbons (Fsp3) is 0.571. The highest BCUT2D eigenvalue weighted by molar-refractivity contribution is 7.90. The lowest BCUT2D eigenvalue weighted by atomic mass is 10.4. The van der Waals surface area contributed by atoms with Crippen molar-refractivity contribution < 1.29 is 13.7 Å². The minimum absolute atomic E-state index is 0.0460. The lowest BCUT2D eigenvalue weighted by Crippen LogP contribution is -2.18. The van der Waals surface area contributed by atoms with Crippen molar-refractivity contribution in [1.29, 1.82) is 4.78 Å². The summed E-state index contributed by atoms with van der Waals surface area (Å²) in [7, 11) is -1.99. The van der Waals surface area contributed by atoms with Crippen LogP contribution in [0.3, 0.4) is 0 Å². The van der Waals surface area contributed by atoms with Crippen LogP contribution in [0.2, 0.25) is 0 Å². The molecule has 1 aliphatic heterocycles. The standard InChI is InChI=1S/C7H12N4O3S/c1-13-6-5(15(8,9)12)7-11(10-6)3-2-4-14-7/h2-4H2,1H3,(H3,8,9,12). The summed E-state index contributed by atoms with van der Waals surface area (Å²) in [6.45, 7) is 1.17. The molecule has 0 aliphatic carbocycles. The van der Waals surface area contributed by atoms with Crippen LogP contribution in [0.25, 0.3) is 0 Å². The van der Waals surface area contributed by atoms with Crippen LogP contribution < -0.4 is 14.6 Å². The van der Waals surface area contributed by atoms with Crippen LogP contribution in [0.1, 0.15) is 6.42 Å². The summed E-state index contributed by atoms with van der Waals surface area (Å²) in [5.74, 6) is 0.398. The topological polar surface area (TPSA) is 103 Å². The second-order valence-electron chi connectivity index (χ2n) is 3.17. The number of ether oxygens (including phenoxy) is 2. The molecule has 1 aliphatic rings. The van der Waals surface area contributed by atoms with Crippen molar-refractivity contribution in [3.05, 3.63) is 0 Å². The van der Waals surface area contributed by atoms with Crippen LogP contribution in [0.15, 0.2) is 4.90 Å². The molecule has 84 valence electrons. The molecule has 1 unspecified atom stereocenters. The molecule has 3 N–H and O–H groups in total. The predicted molar refractivity (Wildman–Crippen MR) is 52.2 cm³/mol. The average Bonchev–Trinajstić information content (AvgIpc) is 2.54. The van der Waals surface area contributed by atoms with Gasteiger partial charge in [-0.25, -0.2) is 18.8 Å². The summed E-state index contributed by atoms with van der Waals surface area (Å²) in [5, 5.41) is 9.31. The van der Waals surface area contributed by atoms with Gasteiger partial charge < -0.3 is 9.47 Å². The smallest absolute Gasteiger partial charge is 0.255 e. The molecule has 0 spiro atoms. The molecular formula is C7H12N4O3S. The van der Waals surface area contributed by atoms with E-state index in [0.29, 0.717) is 19.0 Å². The molecule has 0 saturated heterocycles. The highest BCUT2D eigenvalue weighted by atomic mass is 32.2. The summed E-state index contributed by atoms with van der Waals surface area (Å²) >= 11 is 0. The van der Waals surface area contributed by atoms with Gasteiger partial charge in [-0.1, -0.05) is 0 Å². The lowest BCUT2D eigenvalue weighted by Gasteiger charge is -2.15. The summed E-state index contributed by atoms with van der Waals surface area (Å²) in [6.07, 6.45) is 0.820. The monoisotopic (exact) mass is 232 g/mol. The largest absolute Gasteiger partial charge is 0.479 e. The Morgan fingerprint density at radius 1 is 1.73 bits per heavy atom. The van der Waals surface area contributed by atoms with Crippen molar-refractivity contribution in [2.75, 3.05) is 13.7 Å². The maximum absolute atomic E-state index is 11.5. The fourth-order valence-electron chi connectivity index (χ4n) is 1.48. The first-order valence-electron chi connectivity index (χ1n) is 4.38. The molecule has 15 heavy (non-hydrogen) atoms. The molecule has 0 fully saturated rings. The van der Waals surface area contributed by atoms with E-state index < -0.39 is 9.92 Å². The van der Waals surface area contributed by atoms with E-state index in [2.05, 4.69) is 5.10 Å². The Bertz CT molecular complexity index is 479. The van der Waals surface area contributed by atoms with E-state index in [-0.39, 0.29) is 10.8 Å². The van der Waals surface area contributed by atoms with Gasteiger partial charge in [0.2, 0.25) is 5.88 Å². The van der Waals surface area contributed by atoms with Crippen molar-refractivity contribution in [3.8, 4) is 11.8 Å². The zero-order chi connectivity index (χ0) is 11.1. The van der Waals surface area contributed by atoms with E-state index in [0.717, 1.165) is 6.42 Å². The molecule has 0 amide bonds. The first-order chi connectivity index (χ1) is 7.04. The molecule has 0 saturated carbocycles. The summed E-state index contributed by atoms with van der Waals surface area (Å²) < 4.78 is 30.7. The van der Waals surface area contributed by atoms with Gasteiger partial charge in [0.25, 0.3) is 5.88 Å². The average molecular weight is 232 g/mol. The van der Waals surface area contributed by atoms with Gasteiger partial charge in [-0.2, -0.15) is 0 Å². The number of nitrogens with two attached hydrogens (primary N) is 1. The second kappa shape index (κ2) is 3.38. The number of fused-ring (bicyclic) bond motifs is 1. The number of aryl methyl sites for hydroxylation is 1. The molecule has 1 aromatic heterocycles. The fourth-order valence-corrected chi connectivity index (χ4v) is 2.28. The van der Waals surface area contributed by atoms with Crippen molar-refractivity contribution in [2.45, 2.75) is 17.9 Å². The molecule has 2 rings (SSSR count). The van der Waals surface area contributed by atoms with Gasteiger partial charge >= 0.3 is 0 Å². The van der Waals surface area contributed by atoms with Crippen molar-refractivity contribution >= 4 is 9.92 Å². The second-order valence-corrected chi connectivity index (χ2v) is 4.78. The van der Waals surface area contributed by atoms with E-state index >= 15 is 0 Å². The predicted octanol–water partition coefficient (Wildman–Crippen LogP) is -0.0464. The number of hydrogen-bond acceptors (Lipinski definition) is 5. The summed E-state index contributed by atoms with van der Waals surface area (Å²) in [4.78, 5) is 0.0460. The number of nitrogens with zero attached hydrogens (tertiary/aromatic N) is 2. The summed E-state index contributed by atoms with van der Waals surface area (Å²) in [6, 6.07) is 0. The van der Waals surface area contributed by atoms with Crippen molar-refractivity contribution in [3.63, 3.8) is 0 Å². The first kappa shape index (κ1) is 10.2. The third-order valence-electron chi connectivity index (χ3n) is 2.08. The minimum atomic E-state index is -3.38. The normalized spacial score (nSPS) is 18.8. The molecule has 7 nitrogen and oxygen atoms in total. The number of hydrogen-bond donors (Lipinski definition) is 2. The Hall–Kier alpha value is -1.28. The van der Waals surface area contributed by atoms with E-state index in [9.17, 15) is 4.21 Å². The highest BCUT2D eigenvalue weighted by Gasteiger charge is 2.28. The zero-order valence-electron chi connectivity index (χ0n) is 8.23. The van der Waals surface area contributed by atoms with Crippen molar-refractivity contribution in [2.24, 2.45) is 5.14 Å². The van der Waals surface area contributed by atoms with Gasteiger partial charge in [-0.15, -0.1) is 5.10 Å². The van der Waals surface area contributed by atoms with Gasteiger partial charge in [0.1, 0.15) is 9.92 Å². The highest BCUT2D eigenvalue weighted by Crippen LogP contribution is 2.34. The number of rotatable bonds is 2. The van der Waals surface area contributed by atoms with Gasteiger partial charge in [-0.3, -0.25) is 0 Å². The van der Waals surface area contributed by atoms with Crippen LogP contribution >= 0.6 is 0 Å². The third kappa shape index (κ3) is 1.65. The molecule has 1 aromatic rings. The number of nitrogens with one attached hydrogen (secondary N) is 1. The van der Waals surface area contributed by atoms with Gasteiger partial charge in [0.05, 0.1) is 13.7 Å². The summed E-state index contributed by atoms with van der Waals surface area (Å²) in [5.41, 5.74) is 0. The maximum atomic E-state index is 11.5. The van der Waals surface area contributed by atoms with E-state index in [1.54, 1.807) is 0 Å². The quantitative estimate of drug-likeness (QED) is 0.746. The molecule has 2 heterocycles. The van der Waals surface area contributed by atoms with Crippen LogP contribution in [0, 0.1) is 4.78 Å². The molecule has 8 heteroatoms. The van der Waals surface area contributed by atoms with Gasteiger partial charge in [0.15, 0.2) is 4.90 Å². The molecule has 1 atom stereocenters. The molecule has 0 bridgehead atoms. The zero-order valence-corrected chi connectivity index (χ0v) is 9.04. The minimum Gasteiger partial charge on any atom is -0.479 e. The first-order valence-corrected chi connectivity index (χ1v) is 6.00. The van der Waals surface area contributed by atoms with Crippen LogP contribution in [0.5, 0.6) is 11.8 Å². The Kier molecular flexibility index (Phi) is 2.31. The van der Waals surface area contributed by atoms with Gasteiger partial charge in [0, 0.05) is 13.0 Å². The van der Waals surface area contributed by atoms with E-state index in [4.69, 9.17) is 19.4 Å². The van der Waals surface area contributed by atoms with Crippen LogP contribution in [-0.2, 0) is 16.5 Å². The molecule has 0 aromatic carbocycles. The number of aromatic nitrogens is 2. The van der Waals surface area contributed by atoms with E-state index in [1.165, 1.54) is 11.8 Å². The van der Waals surface area contributed by atoms with Crippen LogP contribution in [0.4, 0.5) is 0 Å². The third-order valence-corrected chi connectivity index (χ3v) is 3.04. The Balaban J connectivity index is 2.65. The molecule has 0 radical (unpaired) electrons. The SMILES string of the molecule is COc1nn2c(c1S(=N)(N)=O)OCCC2. The van der Waals surface area contributed by atoms with Gasteiger partial charge in [-0.05, 0) is 0 Å². The maximum Gasteiger partial charge on any atom is 0.255 e.